The lowest BCUT2D eigenvalue weighted by atomic mass is 10.1. The minimum Gasteiger partial charge on any atom is -0.407 e. The van der Waals surface area contributed by atoms with Crippen molar-refractivity contribution in [3.05, 3.63) is 118 Å². The van der Waals surface area contributed by atoms with E-state index < -0.39 is 106 Å². The molecule has 0 radical (unpaired) electrons. The summed E-state index contributed by atoms with van der Waals surface area (Å²) < 4.78 is 74.7. The number of nitro benzene ring substituents is 1. The molecule has 3 aliphatic rings. The highest BCUT2D eigenvalue weighted by Gasteiger charge is 2.56. The molecule has 8 heterocycles. The number of imidazole rings is 3. The number of carbonyl (C=O) groups is 1. The zero-order valence-electron chi connectivity index (χ0n) is 41.8. The zero-order valence-corrected chi connectivity index (χ0v) is 46.2. The molecule has 3 saturated heterocycles. The smallest absolute Gasteiger partial charge is 0.327 e. The van der Waals surface area contributed by atoms with Gasteiger partial charge in [-0.3, -0.25) is 37.9 Å². The number of hydrogen-bond acceptors (Lipinski definition) is 20. The van der Waals surface area contributed by atoms with E-state index in [0.717, 1.165) is 5.56 Å². The van der Waals surface area contributed by atoms with Crippen molar-refractivity contribution in [1.82, 2.24) is 43.0 Å². The maximum absolute atomic E-state index is 17.1. The lowest BCUT2D eigenvalue weighted by Gasteiger charge is -2.41. The third kappa shape index (κ3) is 11.1. The first-order valence-corrected chi connectivity index (χ1v) is 32.1. The molecule has 0 aliphatic carbocycles. The van der Waals surface area contributed by atoms with E-state index in [2.05, 4.69) is 25.3 Å². The Labute approximate surface area is 449 Å². The number of nitrogens with zero attached hydrogens (tertiary/aromatic N) is 11. The molecule has 3 fully saturated rings. The molecule has 0 bridgehead atoms. The Balaban J connectivity index is 0.979. The first kappa shape index (κ1) is 54.7. The molecular weight excluding hydrogens is 1100 g/mol. The molecule has 1 amide bonds. The van der Waals surface area contributed by atoms with Crippen molar-refractivity contribution in [2.24, 2.45) is 0 Å². The Morgan fingerprint density at radius 3 is 2.36 bits per heavy atom. The number of aromatic nitrogens is 9. The highest BCUT2D eigenvalue weighted by Crippen LogP contribution is 2.58. The van der Waals surface area contributed by atoms with Crippen LogP contribution in [0.5, 0.6) is 0 Å². The number of fused-ring (bicyclic) bond motifs is 5. The Morgan fingerprint density at radius 2 is 1.65 bits per heavy atom. The second-order valence-corrected chi connectivity index (χ2v) is 30.3. The number of rotatable bonds is 13. The molecule has 2 aromatic carbocycles. The van der Waals surface area contributed by atoms with Crippen LogP contribution in [0.3, 0.4) is 0 Å². The standard InChI is InChI=1S/C46H51FN12O13P2S2Si/c1-46(2,3)77(4,5)72-37-36-31(69-44(37)58-26-52-34-40(58)54-45-55(19-20-56(45)42(34)61)18-16-27-12-14-29(15-13-27)59(62)63)22-66-73(64,75)70-35-30(23-67-74(76,71-36)65-21-9-17-48)68-43(32(35)47)57-25-51-33-38(49-24-50-39(33)57)53-41(60)28-10-7-6-8-11-28/h6-8,10-15,19-20,24-26,30-32,35-37,43-44H,9,16,18,21-23H2,1-5H3,(H,64,75)(H,49,50,53,60)/t30-,31-,32-,35-,36-,37-,43-,44-,73?,74?/m1/s1. The fourth-order valence-corrected chi connectivity index (χ4v) is 13.6. The summed E-state index contributed by atoms with van der Waals surface area (Å²) in [6.45, 7) is 0.635. The summed E-state index contributed by atoms with van der Waals surface area (Å²) in [5.74, 6) is -0.159. The number of anilines is 1. The summed E-state index contributed by atoms with van der Waals surface area (Å²) >= 11 is 11.7. The first-order chi connectivity index (χ1) is 36.6. The van der Waals surface area contributed by atoms with Crippen molar-refractivity contribution >= 4 is 90.9 Å². The highest BCUT2D eigenvalue weighted by molar-refractivity contribution is 8.07. The van der Waals surface area contributed by atoms with Gasteiger partial charge in [-0.25, -0.2) is 28.7 Å². The summed E-state index contributed by atoms with van der Waals surface area (Å²) in [6, 6.07) is 16.6. The highest BCUT2D eigenvalue weighted by atomic mass is 32.5. The van der Waals surface area contributed by atoms with Gasteiger partial charge in [0.05, 0.1) is 49.9 Å². The summed E-state index contributed by atoms with van der Waals surface area (Å²) in [5.41, 5.74) is 0.977. The maximum Gasteiger partial charge on any atom is 0.327 e. The van der Waals surface area contributed by atoms with Gasteiger partial charge in [0.25, 0.3) is 17.2 Å². The van der Waals surface area contributed by atoms with E-state index in [9.17, 15) is 29.9 Å². The van der Waals surface area contributed by atoms with E-state index in [4.69, 9.17) is 65.1 Å². The predicted octanol–water partition coefficient (Wildman–Crippen LogP) is 6.80. The molecule has 2 N–H and O–H groups in total. The number of nitro groups is 1. The van der Waals surface area contributed by atoms with E-state index in [-0.39, 0.29) is 52.6 Å². The van der Waals surface area contributed by atoms with E-state index in [1.807, 2.05) is 39.9 Å². The Bertz CT molecular complexity index is 3580. The number of amides is 1. The molecule has 77 heavy (non-hydrogen) atoms. The number of alkyl halides is 1. The van der Waals surface area contributed by atoms with Crippen LogP contribution in [0.1, 0.15) is 55.6 Å². The number of non-ortho nitro benzene ring substituents is 1. The third-order valence-electron chi connectivity index (χ3n) is 13.8. The lowest BCUT2D eigenvalue weighted by Crippen LogP contribution is -2.49. The van der Waals surface area contributed by atoms with Gasteiger partial charge < -0.3 is 42.2 Å². The number of ether oxygens (including phenoxy) is 2. The summed E-state index contributed by atoms with van der Waals surface area (Å²) in [6.07, 6.45) is -4.00. The first-order valence-electron chi connectivity index (χ1n) is 24.1. The molecule has 7 aromatic rings. The van der Waals surface area contributed by atoms with Crippen molar-refractivity contribution < 1.29 is 55.5 Å². The number of benzene rings is 2. The van der Waals surface area contributed by atoms with Gasteiger partial charge in [0.2, 0.25) is 5.78 Å². The van der Waals surface area contributed by atoms with Gasteiger partial charge >= 0.3 is 13.4 Å². The topological polar surface area (TPSA) is 291 Å². The van der Waals surface area contributed by atoms with Gasteiger partial charge in [-0.1, -0.05) is 51.1 Å². The second-order valence-electron chi connectivity index (χ2n) is 19.7. The molecule has 10 atom stereocenters. The van der Waals surface area contributed by atoms with Gasteiger partial charge in [0, 0.05) is 36.6 Å². The summed E-state index contributed by atoms with van der Waals surface area (Å²) in [5, 5.41) is 23.1. The molecule has 10 rings (SSSR count). The second kappa shape index (κ2) is 21.5. The van der Waals surface area contributed by atoms with Crippen LogP contribution in [0.4, 0.5) is 15.9 Å². The monoisotopic (exact) mass is 1150 g/mol. The van der Waals surface area contributed by atoms with Crippen LogP contribution in [0.15, 0.2) is 90.8 Å². The predicted molar refractivity (Wildman–Crippen MR) is 283 cm³/mol. The van der Waals surface area contributed by atoms with Crippen molar-refractivity contribution in [2.75, 3.05) is 25.1 Å². The lowest BCUT2D eigenvalue weighted by molar-refractivity contribution is -0.384. The number of hydrogen-bond donors (Lipinski definition) is 2. The molecule has 3 aliphatic heterocycles. The zero-order chi connectivity index (χ0) is 54.6. The minimum atomic E-state index is -4.43. The van der Waals surface area contributed by atoms with Crippen molar-refractivity contribution in [2.45, 2.75) is 107 Å². The quantitative estimate of drug-likeness (QED) is 0.0394. The largest absolute Gasteiger partial charge is 0.407 e. The Hall–Kier alpha value is -5.67. The number of halogens is 1. The molecule has 406 valence electrons. The average molecular weight is 1150 g/mol. The SMILES string of the molecule is CC(C)(C)[Si](C)(C)O[C@@H]1[C@@H]2OP(=S)(OCCC#N)OC[C@H]3O[C@@H](n4cnc5c(NC(=O)c6ccccc6)ncnc54)[C@H](F)[C@@H]3OP(O)(=S)OC[C@H]2O[C@H]1n1cnc2c(=O)n3ccn(CCc4ccc([N+](=O)[O-])cc4)c3nc21. The van der Waals surface area contributed by atoms with E-state index in [1.165, 1.54) is 40.1 Å². The van der Waals surface area contributed by atoms with Crippen LogP contribution in [0, 0.1) is 21.4 Å². The van der Waals surface area contributed by atoms with Crippen molar-refractivity contribution in [1.29, 1.82) is 5.26 Å². The molecule has 0 saturated carbocycles. The average Bonchev–Trinajstić information content (AvgIpc) is 4.23. The number of nitrogens with one attached hydrogen (secondary N) is 1. The van der Waals surface area contributed by atoms with Gasteiger partial charge in [-0.2, -0.15) is 10.2 Å². The van der Waals surface area contributed by atoms with Crippen LogP contribution < -0.4 is 10.9 Å². The van der Waals surface area contributed by atoms with Gasteiger partial charge in [0.1, 0.15) is 36.8 Å². The van der Waals surface area contributed by atoms with E-state index >= 15 is 4.39 Å². The number of nitriles is 1. The third-order valence-corrected chi connectivity index (χ3v) is 22.2. The number of aryl methyl sites for hydroxylation is 2. The molecule has 0 spiro atoms. The van der Waals surface area contributed by atoms with Gasteiger partial charge in [0.15, 0.2) is 55.1 Å². The summed E-state index contributed by atoms with van der Waals surface area (Å²) in [4.78, 5) is 72.1. The van der Waals surface area contributed by atoms with Gasteiger partial charge in [-0.15, -0.1) is 0 Å². The Morgan fingerprint density at radius 1 is 0.961 bits per heavy atom. The number of carbonyl (C=O) groups excluding carboxylic acids is 1. The van der Waals surface area contributed by atoms with E-state index in [1.54, 1.807) is 64.0 Å². The van der Waals surface area contributed by atoms with Crippen molar-refractivity contribution in [3.63, 3.8) is 0 Å². The van der Waals surface area contributed by atoms with Crippen LogP contribution in [0.2, 0.25) is 18.1 Å². The van der Waals surface area contributed by atoms with Gasteiger partial charge in [-0.05, 0) is 65.9 Å². The van der Waals surface area contributed by atoms with Crippen LogP contribution >= 0.6 is 13.4 Å². The van der Waals surface area contributed by atoms with E-state index in [0.29, 0.717) is 18.5 Å². The minimum absolute atomic E-state index is 0.00192. The molecule has 31 heteroatoms. The molecule has 5 aromatic heterocycles. The molecule has 2 unspecified atom stereocenters. The Kier molecular flexibility index (Phi) is 15.3. The fourth-order valence-electron chi connectivity index (χ4n) is 8.79. The molecule has 25 nitrogen and oxygen atoms in total. The van der Waals surface area contributed by atoms with Crippen molar-refractivity contribution in [3.8, 4) is 6.07 Å². The molecular formula is C46H51FN12O13P2S2Si. The van der Waals surface area contributed by atoms with Crippen LogP contribution in [0.25, 0.3) is 28.1 Å². The summed E-state index contributed by atoms with van der Waals surface area (Å²) in [7, 11) is -2.85. The fraction of sp³-hybridized carbons (Fsp3) is 0.435. The maximum atomic E-state index is 17.1. The normalized spacial score (nSPS) is 27.2. The van der Waals surface area contributed by atoms with Crippen LogP contribution in [-0.4, -0.2) is 124 Å². The van der Waals surface area contributed by atoms with Crippen LogP contribution in [-0.2, 0) is 73.1 Å².